The molecule has 2 unspecified atom stereocenters. The summed E-state index contributed by atoms with van der Waals surface area (Å²) in [5.41, 5.74) is 1.23. The first-order valence-electron chi connectivity index (χ1n) is 9.58. The number of unbranched alkanes of at least 4 members (excludes halogenated alkanes) is 3. The molecule has 0 N–H and O–H groups in total. The monoisotopic (exact) mass is 310 g/mol. The fourth-order valence-electron chi connectivity index (χ4n) is 3.09. The van der Waals surface area contributed by atoms with Crippen LogP contribution in [0.2, 0.25) is 0 Å². The molecule has 3 atom stereocenters. The minimum Gasteiger partial charge on any atom is -0.353 e. The largest absolute Gasteiger partial charge is 0.353 e. The SMILES string of the molecule is C=C(CCCC(C)CCCCCC)[C@H](C)OC1CCCCO1. The van der Waals surface area contributed by atoms with Crippen LogP contribution < -0.4 is 0 Å². The molecule has 0 radical (unpaired) electrons. The predicted molar refractivity (Wildman–Crippen MR) is 95.1 cm³/mol. The lowest BCUT2D eigenvalue weighted by atomic mass is 9.95. The van der Waals surface area contributed by atoms with Crippen molar-refractivity contribution in [3.8, 4) is 0 Å². The Kier molecular flexibility index (Phi) is 10.9. The lowest BCUT2D eigenvalue weighted by Crippen LogP contribution is -2.27. The van der Waals surface area contributed by atoms with E-state index in [9.17, 15) is 0 Å². The molecule has 0 amide bonds. The molecular weight excluding hydrogens is 272 g/mol. The highest BCUT2D eigenvalue weighted by Crippen LogP contribution is 2.22. The van der Waals surface area contributed by atoms with Crippen molar-refractivity contribution in [1.82, 2.24) is 0 Å². The Balaban J connectivity index is 2.06. The zero-order chi connectivity index (χ0) is 16.2. The smallest absolute Gasteiger partial charge is 0.158 e. The molecule has 130 valence electrons. The lowest BCUT2D eigenvalue weighted by Gasteiger charge is -2.27. The average molecular weight is 311 g/mol. The molecule has 2 heteroatoms. The van der Waals surface area contributed by atoms with E-state index < -0.39 is 0 Å². The first-order valence-corrected chi connectivity index (χ1v) is 9.58. The molecule has 1 rings (SSSR count). The Morgan fingerprint density at radius 3 is 2.59 bits per heavy atom. The van der Waals surface area contributed by atoms with Gasteiger partial charge >= 0.3 is 0 Å². The summed E-state index contributed by atoms with van der Waals surface area (Å²) in [5.74, 6) is 0.850. The van der Waals surface area contributed by atoms with Crippen molar-refractivity contribution in [1.29, 1.82) is 0 Å². The number of ether oxygens (including phenoxy) is 2. The van der Waals surface area contributed by atoms with Gasteiger partial charge in [-0.3, -0.25) is 0 Å². The Morgan fingerprint density at radius 2 is 1.91 bits per heavy atom. The van der Waals surface area contributed by atoms with Crippen LogP contribution in [-0.4, -0.2) is 19.0 Å². The van der Waals surface area contributed by atoms with Crippen LogP contribution >= 0.6 is 0 Å². The summed E-state index contributed by atoms with van der Waals surface area (Å²) >= 11 is 0. The van der Waals surface area contributed by atoms with E-state index in [1.165, 1.54) is 63.4 Å². The van der Waals surface area contributed by atoms with Gasteiger partial charge in [0.15, 0.2) is 6.29 Å². The quantitative estimate of drug-likeness (QED) is 0.313. The second-order valence-corrected chi connectivity index (χ2v) is 7.08. The van der Waals surface area contributed by atoms with Gasteiger partial charge in [0.05, 0.1) is 6.10 Å². The summed E-state index contributed by atoms with van der Waals surface area (Å²) in [6.07, 6.45) is 14.1. The molecule has 0 spiro atoms. The topological polar surface area (TPSA) is 18.5 Å². The van der Waals surface area contributed by atoms with Crippen molar-refractivity contribution in [2.24, 2.45) is 5.92 Å². The Hall–Kier alpha value is -0.340. The Morgan fingerprint density at radius 1 is 1.14 bits per heavy atom. The van der Waals surface area contributed by atoms with Crippen molar-refractivity contribution < 1.29 is 9.47 Å². The summed E-state index contributed by atoms with van der Waals surface area (Å²) in [6, 6.07) is 0. The van der Waals surface area contributed by atoms with Gasteiger partial charge in [-0.1, -0.05) is 59.0 Å². The number of hydrogen-bond acceptors (Lipinski definition) is 2. The summed E-state index contributed by atoms with van der Waals surface area (Å²) in [5, 5.41) is 0. The third kappa shape index (κ3) is 8.95. The molecule has 1 heterocycles. The molecule has 2 nitrogen and oxygen atoms in total. The summed E-state index contributed by atoms with van der Waals surface area (Å²) in [6.45, 7) is 11.9. The van der Waals surface area contributed by atoms with E-state index in [1.807, 2.05) is 0 Å². The molecule has 1 fully saturated rings. The predicted octanol–water partition coefficient (Wildman–Crippen LogP) is 6.25. The van der Waals surface area contributed by atoms with Crippen molar-refractivity contribution in [2.75, 3.05) is 6.61 Å². The molecule has 1 aliphatic rings. The van der Waals surface area contributed by atoms with Gasteiger partial charge in [-0.05, 0) is 50.5 Å². The highest BCUT2D eigenvalue weighted by Gasteiger charge is 2.18. The zero-order valence-electron chi connectivity index (χ0n) is 15.2. The summed E-state index contributed by atoms with van der Waals surface area (Å²) in [4.78, 5) is 0. The van der Waals surface area contributed by atoms with Crippen LogP contribution in [0.15, 0.2) is 12.2 Å². The third-order valence-corrected chi connectivity index (χ3v) is 4.81. The van der Waals surface area contributed by atoms with E-state index in [4.69, 9.17) is 9.47 Å². The fourth-order valence-corrected chi connectivity index (χ4v) is 3.09. The Bertz CT molecular complexity index is 281. The van der Waals surface area contributed by atoms with Gasteiger partial charge in [0.1, 0.15) is 0 Å². The van der Waals surface area contributed by atoms with Gasteiger partial charge in [-0.2, -0.15) is 0 Å². The van der Waals surface area contributed by atoms with Crippen molar-refractivity contribution in [2.45, 2.75) is 104 Å². The lowest BCUT2D eigenvalue weighted by molar-refractivity contribution is -0.177. The van der Waals surface area contributed by atoms with Gasteiger partial charge in [0.2, 0.25) is 0 Å². The van der Waals surface area contributed by atoms with Crippen LogP contribution in [-0.2, 0) is 9.47 Å². The molecule has 0 aromatic heterocycles. The van der Waals surface area contributed by atoms with Crippen molar-refractivity contribution in [3.63, 3.8) is 0 Å². The van der Waals surface area contributed by atoms with Crippen molar-refractivity contribution >= 4 is 0 Å². The maximum absolute atomic E-state index is 5.98. The van der Waals surface area contributed by atoms with E-state index >= 15 is 0 Å². The number of hydrogen-bond donors (Lipinski definition) is 0. The van der Waals surface area contributed by atoms with Crippen LogP contribution in [0, 0.1) is 5.92 Å². The standard InChI is InChI=1S/C20H38O2/c1-5-6-7-8-12-17(2)13-11-14-18(3)19(4)22-20-15-9-10-16-21-20/h17,19-20H,3,5-16H2,1-2,4H3/t17?,19-,20?/m0/s1. The van der Waals surface area contributed by atoms with Crippen LogP contribution in [0.5, 0.6) is 0 Å². The van der Waals surface area contributed by atoms with Crippen LogP contribution in [0.3, 0.4) is 0 Å². The summed E-state index contributed by atoms with van der Waals surface area (Å²) < 4.78 is 11.6. The van der Waals surface area contributed by atoms with Crippen LogP contribution in [0.1, 0.15) is 91.4 Å². The van der Waals surface area contributed by atoms with E-state index in [-0.39, 0.29) is 12.4 Å². The first-order chi connectivity index (χ1) is 10.6. The minimum atomic E-state index is -0.00186. The van der Waals surface area contributed by atoms with Gasteiger partial charge in [-0.25, -0.2) is 0 Å². The first kappa shape index (κ1) is 19.7. The van der Waals surface area contributed by atoms with Crippen molar-refractivity contribution in [3.05, 3.63) is 12.2 Å². The highest BCUT2D eigenvalue weighted by molar-refractivity contribution is 5.00. The van der Waals surface area contributed by atoms with E-state index in [0.29, 0.717) is 0 Å². The van der Waals surface area contributed by atoms with E-state index in [2.05, 4.69) is 27.4 Å². The highest BCUT2D eigenvalue weighted by atomic mass is 16.7. The molecule has 22 heavy (non-hydrogen) atoms. The van der Waals surface area contributed by atoms with Crippen LogP contribution in [0.25, 0.3) is 0 Å². The Labute approximate surface area is 138 Å². The normalized spacial score (nSPS) is 21.5. The molecular formula is C20H38O2. The van der Waals surface area contributed by atoms with E-state index in [0.717, 1.165) is 25.4 Å². The van der Waals surface area contributed by atoms with Gasteiger partial charge < -0.3 is 9.47 Å². The van der Waals surface area contributed by atoms with Gasteiger partial charge in [0, 0.05) is 6.61 Å². The summed E-state index contributed by atoms with van der Waals surface area (Å²) in [7, 11) is 0. The molecule has 0 bridgehead atoms. The molecule has 1 saturated heterocycles. The van der Waals surface area contributed by atoms with E-state index in [1.54, 1.807) is 0 Å². The average Bonchev–Trinajstić information content (AvgIpc) is 2.52. The van der Waals surface area contributed by atoms with Crippen LogP contribution in [0.4, 0.5) is 0 Å². The second kappa shape index (κ2) is 12.1. The van der Waals surface area contributed by atoms with Gasteiger partial charge in [-0.15, -0.1) is 0 Å². The maximum atomic E-state index is 5.98. The zero-order valence-corrected chi connectivity index (χ0v) is 15.2. The molecule has 0 aliphatic carbocycles. The molecule has 1 aliphatic heterocycles. The fraction of sp³-hybridized carbons (Fsp3) is 0.900. The molecule has 0 aromatic carbocycles. The second-order valence-electron chi connectivity index (χ2n) is 7.08. The number of rotatable bonds is 12. The molecule has 0 aromatic rings. The third-order valence-electron chi connectivity index (χ3n) is 4.81. The minimum absolute atomic E-state index is 0.00186. The maximum Gasteiger partial charge on any atom is 0.158 e. The van der Waals surface area contributed by atoms with Gasteiger partial charge in [0.25, 0.3) is 0 Å². The molecule has 0 saturated carbocycles.